The molecule has 1 aromatic heterocycles. The van der Waals surface area contributed by atoms with Crippen molar-refractivity contribution < 1.29 is 8.42 Å². The molecule has 0 spiro atoms. The molecule has 1 fully saturated rings. The second-order valence-corrected chi connectivity index (χ2v) is 7.35. The number of nitrogens with one attached hydrogen (secondary N) is 3. The van der Waals surface area contributed by atoms with Gasteiger partial charge in [-0.1, -0.05) is 32.1 Å². The first-order valence-electron chi connectivity index (χ1n) is 7.43. The van der Waals surface area contributed by atoms with E-state index in [0.29, 0.717) is 23.9 Å². The van der Waals surface area contributed by atoms with Gasteiger partial charge in [-0.05, 0) is 25.5 Å². The molecular formula is C14H25N3O2S. The largest absolute Gasteiger partial charge is 0.363 e. The summed E-state index contributed by atoms with van der Waals surface area (Å²) in [6.45, 7) is 1.18. The molecule has 0 saturated heterocycles. The van der Waals surface area contributed by atoms with Gasteiger partial charge in [-0.2, -0.15) is 0 Å². The highest BCUT2D eigenvalue weighted by atomic mass is 32.2. The summed E-state index contributed by atoms with van der Waals surface area (Å²) >= 11 is 0. The van der Waals surface area contributed by atoms with E-state index in [1.807, 2.05) is 7.05 Å². The van der Waals surface area contributed by atoms with E-state index >= 15 is 0 Å². The highest BCUT2D eigenvalue weighted by Crippen LogP contribution is 2.25. The van der Waals surface area contributed by atoms with Crippen LogP contribution in [-0.4, -0.2) is 27.0 Å². The van der Waals surface area contributed by atoms with Crippen LogP contribution in [0.5, 0.6) is 0 Å². The van der Waals surface area contributed by atoms with Gasteiger partial charge in [0.05, 0.1) is 4.90 Å². The lowest BCUT2D eigenvalue weighted by molar-refractivity contribution is 0.339. The molecule has 1 saturated carbocycles. The molecule has 1 aromatic rings. The Morgan fingerprint density at radius 3 is 2.75 bits per heavy atom. The van der Waals surface area contributed by atoms with Crippen LogP contribution in [0.15, 0.2) is 17.2 Å². The van der Waals surface area contributed by atoms with Gasteiger partial charge in [-0.3, -0.25) is 0 Å². The zero-order chi connectivity index (χ0) is 14.4. The first-order valence-corrected chi connectivity index (χ1v) is 8.91. The van der Waals surface area contributed by atoms with Crippen LogP contribution >= 0.6 is 0 Å². The normalized spacial score (nSPS) is 17.4. The molecule has 0 unspecified atom stereocenters. The molecule has 0 amide bonds. The summed E-state index contributed by atoms with van der Waals surface area (Å²) in [5.74, 6) is 0.692. The van der Waals surface area contributed by atoms with Crippen LogP contribution in [0, 0.1) is 5.92 Å². The van der Waals surface area contributed by atoms with E-state index in [9.17, 15) is 8.42 Å². The summed E-state index contributed by atoms with van der Waals surface area (Å²) in [7, 11) is -1.54. The summed E-state index contributed by atoms with van der Waals surface area (Å²) in [5, 5.41) is 2.99. The Labute approximate surface area is 121 Å². The van der Waals surface area contributed by atoms with E-state index in [2.05, 4.69) is 15.0 Å². The van der Waals surface area contributed by atoms with Crippen molar-refractivity contribution in [3.05, 3.63) is 18.0 Å². The molecule has 1 heterocycles. The first-order chi connectivity index (χ1) is 9.62. The number of sulfonamides is 1. The lowest BCUT2D eigenvalue weighted by Gasteiger charge is -2.21. The molecule has 114 valence electrons. The zero-order valence-electron chi connectivity index (χ0n) is 12.1. The van der Waals surface area contributed by atoms with Gasteiger partial charge in [-0.25, -0.2) is 13.1 Å². The second kappa shape index (κ2) is 7.24. The molecule has 0 atom stereocenters. The third-order valence-corrected chi connectivity index (χ3v) is 5.40. The maximum atomic E-state index is 12.1. The van der Waals surface area contributed by atoms with Crippen molar-refractivity contribution in [2.75, 3.05) is 13.6 Å². The van der Waals surface area contributed by atoms with Crippen LogP contribution in [0.4, 0.5) is 0 Å². The van der Waals surface area contributed by atoms with Crippen molar-refractivity contribution in [2.45, 2.75) is 50.0 Å². The van der Waals surface area contributed by atoms with Gasteiger partial charge in [-0.15, -0.1) is 0 Å². The molecule has 0 aliphatic heterocycles. The van der Waals surface area contributed by atoms with Crippen molar-refractivity contribution >= 4 is 10.0 Å². The number of rotatable bonds is 7. The van der Waals surface area contributed by atoms with Gasteiger partial charge in [0.15, 0.2) is 0 Å². The van der Waals surface area contributed by atoms with E-state index in [4.69, 9.17) is 0 Å². The van der Waals surface area contributed by atoms with E-state index < -0.39 is 10.0 Å². The summed E-state index contributed by atoms with van der Waals surface area (Å²) in [5.41, 5.74) is 0.875. The average Bonchev–Trinajstić information content (AvgIpc) is 2.90. The second-order valence-electron chi connectivity index (χ2n) is 5.58. The topological polar surface area (TPSA) is 74.0 Å². The van der Waals surface area contributed by atoms with Gasteiger partial charge in [0.25, 0.3) is 0 Å². The molecule has 0 bridgehead atoms. The van der Waals surface area contributed by atoms with Gasteiger partial charge in [0.1, 0.15) is 0 Å². The number of hydrogen-bond donors (Lipinski definition) is 3. The van der Waals surface area contributed by atoms with E-state index in [1.165, 1.54) is 32.1 Å². The van der Waals surface area contributed by atoms with Gasteiger partial charge in [0, 0.05) is 25.0 Å². The fraction of sp³-hybridized carbons (Fsp3) is 0.714. The number of hydrogen-bond acceptors (Lipinski definition) is 3. The lowest BCUT2D eigenvalue weighted by atomic mass is 9.87. The summed E-state index contributed by atoms with van der Waals surface area (Å²) in [6, 6.07) is 1.68. The van der Waals surface area contributed by atoms with Gasteiger partial charge >= 0.3 is 0 Å². The van der Waals surface area contributed by atoms with Crippen LogP contribution in [-0.2, 0) is 16.6 Å². The summed E-state index contributed by atoms with van der Waals surface area (Å²) in [6.07, 6.45) is 8.92. The third kappa shape index (κ3) is 4.33. The van der Waals surface area contributed by atoms with E-state index in [0.717, 1.165) is 12.1 Å². The fourth-order valence-electron chi connectivity index (χ4n) is 2.82. The van der Waals surface area contributed by atoms with E-state index in [1.54, 1.807) is 12.3 Å². The first kappa shape index (κ1) is 15.5. The molecule has 0 radical (unpaired) electrons. The minimum Gasteiger partial charge on any atom is -0.363 e. The Morgan fingerprint density at radius 1 is 1.30 bits per heavy atom. The summed E-state index contributed by atoms with van der Waals surface area (Å²) in [4.78, 5) is 3.30. The number of aromatic amines is 1. The fourth-order valence-corrected chi connectivity index (χ4v) is 3.89. The predicted molar refractivity (Wildman–Crippen MR) is 79.9 cm³/mol. The maximum absolute atomic E-state index is 12.1. The molecule has 20 heavy (non-hydrogen) atoms. The standard InChI is InChI=1S/C14H25N3O2S/c1-15-10-13-9-14(11-16-13)20(18,19)17-8-7-12-5-3-2-4-6-12/h9,11-12,15-17H,2-8,10H2,1H3. The number of aromatic nitrogens is 1. The van der Waals surface area contributed by atoms with Gasteiger partial charge < -0.3 is 10.3 Å². The Bertz CT molecular complexity index is 504. The van der Waals surface area contributed by atoms with Crippen molar-refractivity contribution in [3.63, 3.8) is 0 Å². The van der Waals surface area contributed by atoms with Crippen LogP contribution in [0.2, 0.25) is 0 Å². The zero-order valence-corrected chi connectivity index (χ0v) is 12.9. The van der Waals surface area contributed by atoms with Gasteiger partial charge in [0.2, 0.25) is 10.0 Å². The smallest absolute Gasteiger partial charge is 0.242 e. The molecule has 6 heteroatoms. The molecular weight excluding hydrogens is 274 g/mol. The summed E-state index contributed by atoms with van der Waals surface area (Å²) < 4.78 is 27.0. The minimum atomic E-state index is -3.37. The van der Waals surface area contributed by atoms with Crippen molar-refractivity contribution in [2.24, 2.45) is 5.92 Å². The van der Waals surface area contributed by atoms with E-state index in [-0.39, 0.29) is 0 Å². The van der Waals surface area contributed by atoms with Crippen molar-refractivity contribution in [3.8, 4) is 0 Å². The quantitative estimate of drug-likeness (QED) is 0.721. The SMILES string of the molecule is CNCc1cc(S(=O)(=O)NCCC2CCCCC2)c[nH]1. The van der Waals surface area contributed by atoms with Crippen molar-refractivity contribution in [1.82, 2.24) is 15.0 Å². The average molecular weight is 299 g/mol. The molecule has 3 N–H and O–H groups in total. The molecule has 2 rings (SSSR count). The highest BCUT2D eigenvalue weighted by molar-refractivity contribution is 7.89. The Hall–Kier alpha value is -0.850. The molecule has 1 aliphatic carbocycles. The van der Waals surface area contributed by atoms with Crippen LogP contribution < -0.4 is 10.0 Å². The molecule has 0 aromatic carbocycles. The minimum absolute atomic E-state index is 0.325. The Morgan fingerprint density at radius 2 is 2.05 bits per heavy atom. The third-order valence-electron chi connectivity index (χ3n) is 3.96. The highest BCUT2D eigenvalue weighted by Gasteiger charge is 2.17. The Kier molecular flexibility index (Phi) is 5.63. The number of H-pyrrole nitrogens is 1. The van der Waals surface area contributed by atoms with Crippen molar-refractivity contribution in [1.29, 1.82) is 0 Å². The van der Waals surface area contributed by atoms with Crippen LogP contribution in [0.1, 0.15) is 44.2 Å². The molecule has 5 nitrogen and oxygen atoms in total. The maximum Gasteiger partial charge on any atom is 0.242 e. The lowest BCUT2D eigenvalue weighted by Crippen LogP contribution is -2.26. The van der Waals surface area contributed by atoms with Crippen LogP contribution in [0.25, 0.3) is 0 Å². The molecule has 1 aliphatic rings. The monoisotopic (exact) mass is 299 g/mol. The predicted octanol–water partition coefficient (Wildman–Crippen LogP) is 1.98. The van der Waals surface area contributed by atoms with Crippen LogP contribution in [0.3, 0.4) is 0 Å². The Balaban J connectivity index is 1.83.